The number of sulfonamides is 1. The molecule has 0 spiro atoms. The minimum Gasteiger partial charge on any atom is -0.455 e. The number of para-hydroxylation sites is 1. The summed E-state index contributed by atoms with van der Waals surface area (Å²) in [4.78, 5) is 13.7. The highest BCUT2D eigenvalue weighted by atomic mass is 35.5. The van der Waals surface area contributed by atoms with Gasteiger partial charge in [-0.25, -0.2) is 13.2 Å². The highest BCUT2D eigenvalue weighted by Gasteiger charge is 2.19. The summed E-state index contributed by atoms with van der Waals surface area (Å²) in [6.07, 6.45) is 0. The van der Waals surface area contributed by atoms with E-state index >= 15 is 0 Å². The van der Waals surface area contributed by atoms with Crippen LogP contribution in [0.1, 0.15) is 0 Å². The highest BCUT2D eigenvalue weighted by molar-refractivity contribution is 7.92. The van der Waals surface area contributed by atoms with E-state index in [1.165, 1.54) is 24.3 Å². The van der Waals surface area contributed by atoms with Gasteiger partial charge in [-0.15, -0.1) is 0 Å². The summed E-state index contributed by atoms with van der Waals surface area (Å²) < 4.78 is 38.8. The summed E-state index contributed by atoms with van der Waals surface area (Å²) in [6.45, 7) is 0. The van der Waals surface area contributed by atoms with Crippen LogP contribution < -0.4 is 15.2 Å². The molecule has 4 aromatic rings. The van der Waals surface area contributed by atoms with Crippen LogP contribution in [0.5, 0.6) is 11.5 Å². The summed E-state index contributed by atoms with van der Waals surface area (Å²) in [5, 5.41) is 0.338. The third kappa shape index (κ3) is 3.73. The lowest BCUT2D eigenvalue weighted by atomic mass is 10.3. The summed E-state index contributed by atoms with van der Waals surface area (Å²) >= 11 is 6.03. The second-order valence-electron chi connectivity index (χ2n) is 5.83. The first-order chi connectivity index (χ1) is 13.4. The number of fused-ring (bicyclic) bond motifs is 1. The van der Waals surface area contributed by atoms with Crippen molar-refractivity contribution in [3.05, 3.63) is 82.3 Å². The van der Waals surface area contributed by atoms with E-state index < -0.39 is 15.8 Å². The number of anilines is 1. The number of halogens is 1. The van der Waals surface area contributed by atoms with Crippen molar-refractivity contribution in [1.29, 1.82) is 0 Å². The Morgan fingerprint density at radius 1 is 1.00 bits per heavy atom. The second-order valence-corrected chi connectivity index (χ2v) is 7.95. The summed E-state index contributed by atoms with van der Waals surface area (Å²) in [7, 11) is -3.99. The Hall–Kier alpha value is -3.23. The molecule has 0 atom stereocenters. The normalized spacial score (nSPS) is 11.5. The molecule has 142 valence electrons. The predicted molar refractivity (Wildman–Crippen MR) is 106 cm³/mol. The number of hydrogen-bond acceptors (Lipinski definition) is 5. The fraction of sp³-hybridized carbons (Fsp3) is 0. The summed E-state index contributed by atoms with van der Waals surface area (Å²) in [6, 6.07) is 17.6. The standard InChI is InChI=1S/C19H13ClN2O5S/c20-12-6-9-17(26-13-4-2-1-3-5-13)16(10-12)22-28(24,25)14-7-8-15-18(11-14)27-19(23)21-15/h1-11,22H,(H,21,23). The van der Waals surface area contributed by atoms with Crippen molar-refractivity contribution >= 4 is 38.4 Å². The summed E-state index contributed by atoms with van der Waals surface area (Å²) in [5.74, 6) is 0.167. The molecule has 0 amide bonds. The Morgan fingerprint density at radius 2 is 1.79 bits per heavy atom. The van der Waals surface area contributed by atoms with E-state index in [1.54, 1.807) is 36.4 Å². The van der Waals surface area contributed by atoms with Crippen LogP contribution in [0.2, 0.25) is 5.02 Å². The van der Waals surface area contributed by atoms with Crippen LogP contribution >= 0.6 is 11.6 Å². The molecular weight excluding hydrogens is 404 g/mol. The van der Waals surface area contributed by atoms with Crippen LogP contribution in [-0.4, -0.2) is 13.4 Å². The number of benzene rings is 3. The Bertz CT molecular complexity index is 1310. The van der Waals surface area contributed by atoms with E-state index in [-0.39, 0.29) is 21.9 Å². The first kappa shape index (κ1) is 18.1. The molecule has 0 aliphatic heterocycles. The zero-order valence-corrected chi connectivity index (χ0v) is 15.8. The van der Waals surface area contributed by atoms with Crippen LogP contribution in [0.3, 0.4) is 0 Å². The molecule has 7 nitrogen and oxygen atoms in total. The van der Waals surface area contributed by atoms with E-state index in [0.29, 0.717) is 16.3 Å². The van der Waals surface area contributed by atoms with Crippen LogP contribution in [0.4, 0.5) is 5.69 Å². The van der Waals surface area contributed by atoms with Gasteiger partial charge in [-0.3, -0.25) is 9.71 Å². The van der Waals surface area contributed by atoms with Gasteiger partial charge in [0.2, 0.25) is 0 Å². The molecule has 0 radical (unpaired) electrons. The predicted octanol–water partition coefficient (Wildman–Crippen LogP) is 4.37. The fourth-order valence-corrected chi connectivity index (χ4v) is 3.83. The summed E-state index contributed by atoms with van der Waals surface area (Å²) in [5.41, 5.74) is 0.714. The maximum atomic E-state index is 12.8. The number of hydrogen-bond donors (Lipinski definition) is 2. The van der Waals surface area contributed by atoms with Crippen molar-refractivity contribution in [1.82, 2.24) is 4.98 Å². The van der Waals surface area contributed by atoms with E-state index in [0.717, 1.165) is 0 Å². The van der Waals surface area contributed by atoms with Crippen molar-refractivity contribution in [3.63, 3.8) is 0 Å². The molecule has 0 unspecified atom stereocenters. The van der Waals surface area contributed by atoms with Crippen LogP contribution in [0.25, 0.3) is 11.1 Å². The number of aromatic amines is 1. The topological polar surface area (TPSA) is 101 Å². The lowest BCUT2D eigenvalue weighted by Crippen LogP contribution is -2.13. The van der Waals surface area contributed by atoms with Gasteiger partial charge in [-0.2, -0.15) is 0 Å². The highest BCUT2D eigenvalue weighted by Crippen LogP contribution is 2.33. The van der Waals surface area contributed by atoms with Crippen molar-refractivity contribution in [2.45, 2.75) is 4.90 Å². The van der Waals surface area contributed by atoms with E-state index in [2.05, 4.69) is 9.71 Å². The maximum absolute atomic E-state index is 12.8. The molecule has 0 saturated carbocycles. The minimum atomic E-state index is -3.99. The average molecular weight is 417 g/mol. The third-order valence-corrected chi connectivity index (χ3v) is 5.46. The van der Waals surface area contributed by atoms with Crippen molar-refractivity contribution in [2.75, 3.05) is 4.72 Å². The molecule has 0 aliphatic carbocycles. The molecule has 9 heteroatoms. The molecule has 3 aromatic carbocycles. The molecule has 4 rings (SSSR count). The van der Waals surface area contributed by atoms with Gasteiger partial charge in [-0.1, -0.05) is 29.8 Å². The van der Waals surface area contributed by atoms with E-state index in [4.69, 9.17) is 20.8 Å². The van der Waals surface area contributed by atoms with Gasteiger partial charge in [-0.05, 0) is 42.5 Å². The lowest BCUT2D eigenvalue weighted by molar-refractivity contribution is 0.485. The monoisotopic (exact) mass is 416 g/mol. The minimum absolute atomic E-state index is 0.0756. The molecule has 1 aromatic heterocycles. The van der Waals surface area contributed by atoms with E-state index in [9.17, 15) is 13.2 Å². The van der Waals surface area contributed by atoms with Crippen molar-refractivity contribution in [2.24, 2.45) is 0 Å². The van der Waals surface area contributed by atoms with Gasteiger partial charge in [0, 0.05) is 11.1 Å². The second kappa shape index (κ2) is 7.06. The van der Waals surface area contributed by atoms with Gasteiger partial charge < -0.3 is 9.15 Å². The number of ether oxygens (including phenoxy) is 1. The van der Waals surface area contributed by atoms with Crippen LogP contribution in [0.15, 0.2) is 80.8 Å². The Labute approximate surface area is 164 Å². The largest absolute Gasteiger partial charge is 0.455 e. The van der Waals surface area contributed by atoms with Crippen LogP contribution in [-0.2, 0) is 10.0 Å². The molecule has 0 aliphatic rings. The Balaban J connectivity index is 1.70. The molecule has 28 heavy (non-hydrogen) atoms. The number of H-pyrrole nitrogens is 1. The van der Waals surface area contributed by atoms with Gasteiger partial charge in [0.15, 0.2) is 11.3 Å². The van der Waals surface area contributed by atoms with Crippen LogP contribution in [0, 0.1) is 0 Å². The van der Waals surface area contributed by atoms with Crippen molar-refractivity contribution < 1.29 is 17.6 Å². The van der Waals surface area contributed by atoms with Gasteiger partial charge in [0.25, 0.3) is 10.0 Å². The smallest absolute Gasteiger partial charge is 0.417 e. The van der Waals surface area contributed by atoms with Gasteiger partial charge >= 0.3 is 5.76 Å². The SMILES string of the molecule is O=c1[nH]c2ccc(S(=O)(=O)Nc3cc(Cl)ccc3Oc3ccccc3)cc2o1. The number of nitrogens with one attached hydrogen (secondary N) is 2. The van der Waals surface area contributed by atoms with Gasteiger partial charge in [0.1, 0.15) is 5.75 Å². The fourth-order valence-electron chi connectivity index (χ4n) is 2.58. The molecule has 0 bridgehead atoms. The zero-order chi connectivity index (χ0) is 19.7. The molecular formula is C19H13ClN2O5S. The number of aromatic nitrogens is 1. The molecule has 1 heterocycles. The maximum Gasteiger partial charge on any atom is 0.417 e. The van der Waals surface area contributed by atoms with Gasteiger partial charge in [0.05, 0.1) is 16.1 Å². The first-order valence-electron chi connectivity index (χ1n) is 8.09. The zero-order valence-electron chi connectivity index (χ0n) is 14.2. The van der Waals surface area contributed by atoms with Crippen molar-refractivity contribution in [3.8, 4) is 11.5 Å². The molecule has 2 N–H and O–H groups in total. The number of rotatable bonds is 5. The Kier molecular flexibility index (Phi) is 4.58. The third-order valence-electron chi connectivity index (χ3n) is 3.86. The molecule has 0 saturated heterocycles. The Morgan fingerprint density at radius 3 is 2.57 bits per heavy atom. The molecule has 0 fully saturated rings. The lowest BCUT2D eigenvalue weighted by Gasteiger charge is -2.14. The quantitative estimate of drug-likeness (QED) is 0.503. The first-order valence-corrected chi connectivity index (χ1v) is 9.95. The van der Waals surface area contributed by atoms with E-state index in [1.807, 2.05) is 6.07 Å². The number of oxazole rings is 1. The average Bonchev–Trinajstić information content (AvgIpc) is 3.04.